The molecular weight excluding hydrogens is 210 g/mol. The molecule has 0 saturated heterocycles. The van der Waals surface area contributed by atoms with Gasteiger partial charge >= 0.3 is 0 Å². The largest absolute Gasteiger partial charge is 0.398 e. The predicted octanol–water partition coefficient (Wildman–Crippen LogP) is 3.60. The Kier molecular flexibility index (Phi) is 4.88. The van der Waals surface area contributed by atoms with Crippen molar-refractivity contribution < 1.29 is 1.43 Å². The zero-order valence-electron chi connectivity index (χ0n) is 10.1. The van der Waals surface area contributed by atoms with Gasteiger partial charge in [0.2, 0.25) is 0 Å². The summed E-state index contributed by atoms with van der Waals surface area (Å²) in [5.74, 6) is 0. The topological polar surface area (TPSA) is 62.8 Å². The van der Waals surface area contributed by atoms with Crippen LogP contribution in [0.4, 0.5) is 5.69 Å². The summed E-state index contributed by atoms with van der Waals surface area (Å²) in [6, 6.07) is 9.49. The maximum Gasteiger partial charge on any atom is 0.0403 e. The van der Waals surface area contributed by atoms with Crippen molar-refractivity contribution >= 4 is 11.9 Å². The molecule has 0 radical (unpaired) electrons. The van der Waals surface area contributed by atoms with Crippen LogP contribution in [0.2, 0.25) is 0 Å². The average Bonchev–Trinajstić information content (AvgIpc) is 2.42. The van der Waals surface area contributed by atoms with Gasteiger partial charge in [-0.25, -0.2) is 0 Å². The van der Waals surface area contributed by atoms with Crippen LogP contribution in [-0.4, -0.2) is 11.2 Å². The van der Waals surface area contributed by atoms with Crippen molar-refractivity contribution in [2.75, 3.05) is 5.73 Å². The van der Waals surface area contributed by atoms with E-state index in [0.29, 0.717) is 5.69 Å². The molecule has 17 heavy (non-hydrogen) atoms. The molecule has 1 heterocycles. The van der Waals surface area contributed by atoms with Gasteiger partial charge in [0.1, 0.15) is 0 Å². The Bertz CT molecular complexity index is 484. The predicted molar refractivity (Wildman–Crippen MR) is 75.4 cm³/mol. The second-order valence-electron chi connectivity index (χ2n) is 3.23. The highest BCUT2D eigenvalue weighted by atomic mass is 14.6. The molecule has 0 unspecified atom stereocenters. The van der Waals surface area contributed by atoms with E-state index in [1.54, 1.807) is 12.4 Å². The Morgan fingerprint density at radius 1 is 1.24 bits per heavy atom. The summed E-state index contributed by atoms with van der Waals surface area (Å²) in [6.45, 7) is 4.00. The standard InChI is InChI=1S/C12H11N3.C2H6.H2/c13-7-11-6-9(3-4-12(11)14)10-2-1-5-15-8-10;1-2;/h1-8,13H,14H2;1-2H3;1H. The van der Waals surface area contributed by atoms with Gasteiger partial charge in [-0.15, -0.1) is 0 Å². The van der Waals surface area contributed by atoms with Crippen LogP contribution in [0.25, 0.3) is 11.1 Å². The van der Waals surface area contributed by atoms with Gasteiger partial charge < -0.3 is 11.1 Å². The van der Waals surface area contributed by atoms with Gasteiger partial charge in [-0.1, -0.05) is 26.0 Å². The molecule has 1 aromatic carbocycles. The fraction of sp³-hybridized carbons (Fsp3) is 0.143. The first-order valence-corrected chi connectivity index (χ1v) is 5.61. The van der Waals surface area contributed by atoms with Crippen molar-refractivity contribution in [1.29, 1.82) is 5.41 Å². The molecule has 3 heteroatoms. The van der Waals surface area contributed by atoms with E-state index < -0.39 is 0 Å². The number of nitrogens with two attached hydrogens (primary N) is 1. The molecule has 0 bridgehead atoms. The fourth-order valence-electron chi connectivity index (χ4n) is 1.41. The van der Waals surface area contributed by atoms with Crippen molar-refractivity contribution in [2.45, 2.75) is 13.8 Å². The fourth-order valence-corrected chi connectivity index (χ4v) is 1.41. The first kappa shape index (κ1) is 12.9. The van der Waals surface area contributed by atoms with Gasteiger partial charge in [0.15, 0.2) is 0 Å². The van der Waals surface area contributed by atoms with Gasteiger partial charge in [-0.2, -0.15) is 0 Å². The van der Waals surface area contributed by atoms with E-state index in [2.05, 4.69) is 4.98 Å². The highest BCUT2D eigenvalue weighted by Crippen LogP contribution is 2.21. The molecule has 2 rings (SSSR count). The number of nitrogens with one attached hydrogen (secondary N) is 1. The van der Waals surface area contributed by atoms with Crippen molar-refractivity contribution in [3.63, 3.8) is 0 Å². The van der Waals surface area contributed by atoms with Crippen molar-refractivity contribution in [3.8, 4) is 11.1 Å². The zero-order valence-corrected chi connectivity index (χ0v) is 10.1. The summed E-state index contributed by atoms with van der Waals surface area (Å²) < 4.78 is 0. The van der Waals surface area contributed by atoms with Crippen LogP contribution in [0.15, 0.2) is 42.7 Å². The summed E-state index contributed by atoms with van der Waals surface area (Å²) in [6.07, 6.45) is 4.78. The first-order chi connectivity index (χ1) is 8.31. The zero-order chi connectivity index (χ0) is 12.7. The molecule has 0 amide bonds. The van der Waals surface area contributed by atoms with Crippen LogP contribution < -0.4 is 5.73 Å². The summed E-state index contributed by atoms with van der Waals surface area (Å²) in [7, 11) is 0. The van der Waals surface area contributed by atoms with Crippen LogP contribution in [0.3, 0.4) is 0 Å². The minimum atomic E-state index is 0. The van der Waals surface area contributed by atoms with E-state index in [0.717, 1.165) is 16.7 Å². The Morgan fingerprint density at radius 3 is 2.59 bits per heavy atom. The molecule has 0 aliphatic rings. The summed E-state index contributed by atoms with van der Waals surface area (Å²) >= 11 is 0. The molecular formula is C14H19N3. The highest BCUT2D eigenvalue weighted by Gasteiger charge is 2.00. The minimum Gasteiger partial charge on any atom is -0.398 e. The Labute approximate surface area is 103 Å². The van der Waals surface area contributed by atoms with Gasteiger partial charge in [0.25, 0.3) is 0 Å². The number of hydrogen-bond acceptors (Lipinski definition) is 3. The van der Waals surface area contributed by atoms with Crippen molar-refractivity contribution in [3.05, 3.63) is 48.3 Å². The number of aromatic nitrogens is 1. The van der Waals surface area contributed by atoms with Crippen molar-refractivity contribution in [2.24, 2.45) is 0 Å². The van der Waals surface area contributed by atoms with Crippen LogP contribution >= 0.6 is 0 Å². The third kappa shape index (κ3) is 3.14. The third-order valence-corrected chi connectivity index (χ3v) is 2.24. The second-order valence-corrected chi connectivity index (χ2v) is 3.23. The van der Waals surface area contributed by atoms with Gasteiger partial charge in [-0.3, -0.25) is 4.98 Å². The van der Waals surface area contributed by atoms with Crippen LogP contribution in [0, 0.1) is 5.41 Å². The lowest BCUT2D eigenvalue weighted by atomic mass is 10.0. The van der Waals surface area contributed by atoms with Crippen molar-refractivity contribution in [1.82, 2.24) is 4.98 Å². The van der Waals surface area contributed by atoms with Crippen LogP contribution in [-0.2, 0) is 0 Å². The number of nitrogens with zero attached hydrogens (tertiary/aromatic N) is 1. The molecule has 90 valence electrons. The lowest BCUT2D eigenvalue weighted by Gasteiger charge is -2.04. The van der Waals surface area contributed by atoms with E-state index in [-0.39, 0.29) is 1.43 Å². The first-order valence-electron chi connectivity index (χ1n) is 5.61. The van der Waals surface area contributed by atoms with Gasteiger partial charge in [-0.05, 0) is 23.8 Å². The molecule has 2 aromatic rings. The van der Waals surface area contributed by atoms with E-state index >= 15 is 0 Å². The maximum atomic E-state index is 7.22. The molecule has 1 aromatic heterocycles. The number of rotatable bonds is 2. The van der Waals surface area contributed by atoms with E-state index in [1.807, 2.05) is 44.2 Å². The normalized spacial score (nSPS) is 9.06. The number of anilines is 1. The monoisotopic (exact) mass is 229 g/mol. The minimum absolute atomic E-state index is 0. The van der Waals surface area contributed by atoms with Gasteiger partial charge in [0, 0.05) is 36.8 Å². The highest BCUT2D eigenvalue weighted by molar-refractivity contribution is 5.87. The van der Waals surface area contributed by atoms with Crippen LogP contribution in [0.5, 0.6) is 0 Å². The van der Waals surface area contributed by atoms with E-state index in [1.165, 1.54) is 6.21 Å². The SMILES string of the molecule is CC.N=Cc1cc(-c2cccnc2)ccc1N.[HH]. The average molecular weight is 229 g/mol. The Morgan fingerprint density at radius 2 is 2.00 bits per heavy atom. The number of pyridine rings is 1. The summed E-state index contributed by atoms with van der Waals surface area (Å²) in [4.78, 5) is 4.05. The molecule has 0 saturated carbocycles. The lowest BCUT2D eigenvalue weighted by molar-refractivity contribution is 1.33. The number of hydrogen-bond donors (Lipinski definition) is 2. The molecule has 0 atom stereocenters. The molecule has 3 N–H and O–H groups in total. The Hall–Kier alpha value is -2.16. The van der Waals surface area contributed by atoms with Crippen LogP contribution in [0.1, 0.15) is 20.8 Å². The van der Waals surface area contributed by atoms with E-state index in [9.17, 15) is 0 Å². The molecule has 0 fully saturated rings. The molecule has 0 spiro atoms. The molecule has 3 nitrogen and oxygen atoms in total. The third-order valence-electron chi connectivity index (χ3n) is 2.24. The summed E-state index contributed by atoms with van der Waals surface area (Å²) in [5.41, 5.74) is 9.12. The molecule has 0 aliphatic heterocycles. The summed E-state index contributed by atoms with van der Waals surface area (Å²) in [5, 5.41) is 7.22. The smallest absolute Gasteiger partial charge is 0.0403 e. The van der Waals surface area contributed by atoms with Gasteiger partial charge in [0.05, 0.1) is 0 Å². The second kappa shape index (κ2) is 6.43. The lowest BCUT2D eigenvalue weighted by Crippen LogP contribution is -1.93. The van der Waals surface area contributed by atoms with E-state index in [4.69, 9.17) is 11.1 Å². The number of nitrogen functional groups attached to an aromatic ring is 1. The Balaban J connectivity index is 0.000000917. The maximum absolute atomic E-state index is 7.22. The quantitative estimate of drug-likeness (QED) is 0.610. The molecule has 0 aliphatic carbocycles. The number of benzene rings is 1.